The van der Waals surface area contributed by atoms with E-state index < -0.39 is 5.60 Å². The van der Waals surface area contributed by atoms with Crippen LogP contribution in [0.5, 0.6) is 0 Å². The highest BCUT2D eigenvalue weighted by molar-refractivity contribution is 9.10. The maximum absolute atomic E-state index is 12.2. The Labute approximate surface area is 135 Å². The Morgan fingerprint density at radius 3 is 2.76 bits per heavy atom. The molecule has 4 heteroatoms. The first-order valence-corrected chi connectivity index (χ1v) is 8.29. The quantitative estimate of drug-likeness (QED) is 0.720. The number of rotatable bonds is 1. The lowest BCUT2D eigenvalue weighted by molar-refractivity contribution is 0.0198. The van der Waals surface area contributed by atoms with Crippen molar-refractivity contribution in [1.29, 1.82) is 0 Å². The molecule has 0 radical (unpaired) electrons. The van der Waals surface area contributed by atoms with Gasteiger partial charge in [-0.05, 0) is 52.2 Å². The fraction of sp³-hybridized carbons (Fsp3) is 0.588. The van der Waals surface area contributed by atoms with Crippen LogP contribution in [-0.4, -0.2) is 29.7 Å². The second-order valence-corrected chi connectivity index (χ2v) is 7.64. The van der Waals surface area contributed by atoms with Gasteiger partial charge < -0.3 is 9.64 Å². The molecule has 0 bridgehead atoms. The Hall–Kier alpha value is -1.03. The van der Waals surface area contributed by atoms with Crippen molar-refractivity contribution in [3.05, 3.63) is 33.8 Å². The Morgan fingerprint density at radius 2 is 2.10 bits per heavy atom. The predicted molar refractivity (Wildman–Crippen MR) is 88.7 cm³/mol. The Kier molecular flexibility index (Phi) is 4.97. The van der Waals surface area contributed by atoms with Gasteiger partial charge in [0.1, 0.15) is 5.60 Å². The molecule has 0 saturated carbocycles. The summed E-state index contributed by atoms with van der Waals surface area (Å²) in [5, 5.41) is 0. The maximum atomic E-state index is 12.2. The third-order valence-corrected chi connectivity index (χ3v) is 4.39. The van der Waals surface area contributed by atoms with Crippen molar-refractivity contribution in [1.82, 2.24) is 4.90 Å². The average molecular weight is 354 g/mol. The molecule has 1 aromatic carbocycles. The number of hydrogen-bond donors (Lipinski definition) is 0. The molecule has 3 nitrogen and oxygen atoms in total. The van der Waals surface area contributed by atoms with Gasteiger partial charge >= 0.3 is 6.09 Å². The van der Waals surface area contributed by atoms with Crippen molar-refractivity contribution in [2.75, 3.05) is 13.1 Å². The molecule has 116 valence electrons. The minimum absolute atomic E-state index is 0.198. The number of halogens is 1. The first kappa shape index (κ1) is 16.3. The van der Waals surface area contributed by atoms with Crippen molar-refractivity contribution in [2.45, 2.75) is 52.1 Å². The monoisotopic (exact) mass is 353 g/mol. The normalized spacial score (nSPS) is 19.5. The van der Waals surface area contributed by atoms with Crippen LogP contribution in [-0.2, 0) is 4.74 Å². The largest absolute Gasteiger partial charge is 0.444 e. The molecular weight excluding hydrogens is 330 g/mol. The van der Waals surface area contributed by atoms with E-state index >= 15 is 0 Å². The molecule has 1 fully saturated rings. The van der Waals surface area contributed by atoms with Gasteiger partial charge in [-0.25, -0.2) is 4.79 Å². The van der Waals surface area contributed by atoms with Crippen LogP contribution in [0.4, 0.5) is 4.79 Å². The molecule has 2 rings (SSSR count). The standard InChI is InChI=1S/C17H24BrNO2/c1-12-7-8-15(18)14(10-12)13-6-5-9-19(11-13)16(20)21-17(2,3)4/h7-8,10,13H,5-6,9,11H2,1-4H3. The van der Waals surface area contributed by atoms with Gasteiger partial charge in [0.05, 0.1) is 0 Å². The fourth-order valence-electron chi connectivity index (χ4n) is 2.70. The van der Waals surface area contributed by atoms with Gasteiger partial charge in [0, 0.05) is 23.5 Å². The number of ether oxygens (including phenoxy) is 1. The molecule has 1 saturated heterocycles. The minimum Gasteiger partial charge on any atom is -0.444 e. The van der Waals surface area contributed by atoms with Crippen LogP contribution in [0.3, 0.4) is 0 Å². The zero-order valence-corrected chi connectivity index (χ0v) is 14.9. The summed E-state index contributed by atoms with van der Waals surface area (Å²) in [6.07, 6.45) is 1.93. The Bertz CT molecular complexity index is 522. The highest BCUT2D eigenvalue weighted by Gasteiger charge is 2.29. The number of aryl methyl sites for hydroxylation is 1. The molecule has 0 aliphatic carbocycles. The van der Waals surface area contributed by atoms with Gasteiger partial charge in [0.2, 0.25) is 0 Å². The van der Waals surface area contributed by atoms with E-state index in [0.29, 0.717) is 5.92 Å². The van der Waals surface area contributed by atoms with E-state index in [9.17, 15) is 4.79 Å². The van der Waals surface area contributed by atoms with Crippen molar-refractivity contribution in [3.8, 4) is 0 Å². The Morgan fingerprint density at radius 1 is 1.38 bits per heavy atom. The first-order valence-electron chi connectivity index (χ1n) is 7.50. The fourth-order valence-corrected chi connectivity index (χ4v) is 3.27. The van der Waals surface area contributed by atoms with Gasteiger partial charge in [0.25, 0.3) is 0 Å². The zero-order valence-electron chi connectivity index (χ0n) is 13.3. The molecule has 21 heavy (non-hydrogen) atoms. The summed E-state index contributed by atoms with van der Waals surface area (Å²) in [4.78, 5) is 14.1. The number of benzene rings is 1. The van der Waals surface area contributed by atoms with Gasteiger partial charge in [0.15, 0.2) is 0 Å². The van der Waals surface area contributed by atoms with Crippen LogP contribution in [0.25, 0.3) is 0 Å². The van der Waals surface area contributed by atoms with E-state index in [1.165, 1.54) is 11.1 Å². The first-order chi connectivity index (χ1) is 9.76. The van der Waals surface area contributed by atoms with Gasteiger partial charge in [-0.3, -0.25) is 0 Å². The van der Waals surface area contributed by atoms with Crippen LogP contribution in [0.15, 0.2) is 22.7 Å². The molecule has 1 atom stereocenters. The highest BCUT2D eigenvalue weighted by atomic mass is 79.9. The van der Waals surface area contributed by atoms with E-state index in [0.717, 1.165) is 30.4 Å². The molecular formula is C17H24BrNO2. The average Bonchev–Trinajstić information content (AvgIpc) is 2.40. The topological polar surface area (TPSA) is 29.5 Å². The number of likely N-dealkylation sites (tertiary alicyclic amines) is 1. The molecule has 1 heterocycles. The molecule has 0 aromatic heterocycles. The van der Waals surface area contributed by atoms with E-state index in [1.54, 1.807) is 0 Å². The SMILES string of the molecule is Cc1ccc(Br)c(C2CCCN(C(=O)OC(C)(C)C)C2)c1. The van der Waals surface area contributed by atoms with Crippen molar-refractivity contribution < 1.29 is 9.53 Å². The predicted octanol–water partition coefficient (Wildman–Crippen LogP) is 4.87. The Balaban J connectivity index is 2.10. The summed E-state index contributed by atoms with van der Waals surface area (Å²) < 4.78 is 6.62. The van der Waals surface area contributed by atoms with Crippen LogP contribution >= 0.6 is 15.9 Å². The molecule has 0 N–H and O–H groups in total. The van der Waals surface area contributed by atoms with E-state index in [1.807, 2.05) is 25.7 Å². The van der Waals surface area contributed by atoms with Gasteiger partial charge in [-0.2, -0.15) is 0 Å². The lowest BCUT2D eigenvalue weighted by atomic mass is 9.90. The van der Waals surface area contributed by atoms with E-state index in [2.05, 4.69) is 41.1 Å². The summed E-state index contributed by atoms with van der Waals surface area (Å²) in [5.74, 6) is 0.376. The van der Waals surface area contributed by atoms with Gasteiger partial charge in [-0.15, -0.1) is 0 Å². The summed E-state index contributed by atoms with van der Waals surface area (Å²) in [5.41, 5.74) is 2.11. The number of amides is 1. The highest BCUT2D eigenvalue weighted by Crippen LogP contribution is 2.33. The molecule has 1 unspecified atom stereocenters. The molecule has 0 spiro atoms. The second kappa shape index (κ2) is 6.39. The van der Waals surface area contributed by atoms with Crippen molar-refractivity contribution in [2.24, 2.45) is 0 Å². The zero-order chi connectivity index (χ0) is 15.6. The molecule has 1 amide bonds. The smallest absolute Gasteiger partial charge is 0.410 e. The van der Waals surface area contributed by atoms with Crippen LogP contribution < -0.4 is 0 Å². The van der Waals surface area contributed by atoms with Crippen LogP contribution in [0, 0.1) is 6.92 Å². The lowest BCUT2D eigenvalue weighted by Gasteiger charge is -2.34. The van der Waals surface area contributed by atoms with Gasteiger partial charge in [-0.1, -0.05) is 33.6 Å². The van der Waals surface area contributed by atoms with Crippen LogP contribution in [0.2, 0.25) is 0 Å². The van der Waals surface area contributed by atoms with Crippen LogP contribution in [0.1, 0.15) is 50.7 Å². The number of nitrogens with zero attached hydrogens (tertiary/aromatic N) is 1. The molecule has 1 aromatic rings. The summed E-state index contributed by atoms with van der Waals surface area (Å²) >= 11 is 3.64. The van der Waals surface area contributed by atoms with Crippen molar-refractivity contribution >= 4 is 22.0 Å². The molecule has 1 aliphatic heterocycles. The van der Waals surface area contributed by atoms with Crippen molar-refractivity contribution in [3.63, 3.8) is 0 Å². The van der Waals surface area contributed by atoms with E-state index in [-0.39, 0.29) is 6.09 Å². The second-order valence-electron chi connectivity index (χ2n) is 6.79. The number of piperidine rings is 1. The summed E-state index contributed by atoms with van der Waals surface area (Å²) in [6, 6.07) is 6.41. The third-order valence-electron chi connectivity index (χ3n) is 3.66. The minimum atomic E-state index is -0.437. The maximum Gasteiger partial charge on any atom is 0.410 e. The van der Waals surface area contributed by atoms with E-state index in [4.69, 9.17) is 4.74 Å². The lowest BCUT2D eigenvalue weighted by Crippen LogP contribution is -2.42. The number of carbonyl (C=O) groups excluding carboxylic acids is 1. The summed E-state index contributed by atoms with van der Waals surface area (Å²) in [6.45, 7) is 9.34. The molecule has 1 aliphatic rings. The number of hydrogen-bond acceptors (Lipinski definition) is 2. The summed E-state index contributed by atoms with van der Waals surface area (Å²) in [7, 11) is 0. The third kappa shape index (κ3) is 4.47. The number of carbonyl (C=O) groups is 1.